The van der Waals surface area contributed by atoms with Crippen LogP contribution >= 0.6 is 11.3 Å². The Morgan fingerprint density at radius 1 is 1.25 bits per heavy atom. The molecule has 0 fully saturated rings. The van der Waals surface area contributed by atoms with Crippen LogP contribution in [0.1, 0.15) is 23.6 Å². The van der Waals surface area contributed by atoms with E-state index in [0.717, 1.165) is 29.7 Å². The van der Waals surface area contributed by atoms with E-state index in [0.29, 0.717) is 5.96 Å². The second-order valence-corrected chi connectivity index (χ2v) is 7.79. The third-order valence-electron chi connectivity index (χ3n) is 4.34. The maximum Gasteiger partial charge on any atom is 0.243 e. The fourth-order valence-electron chi connectivity index (χ4n) is 2.69. The third-order valence-corrected chi connectivity index (χ3v) is 5.28. The smallest absolute Gasteiger partial charge is 0.243 e. The van der Waals surface area contributed by atoms with Gasteiger partial charge in [-0.1, -0.05) is 24.3 Å². The molecule has 0 saturated heterocycles. The Labute approximate surface area is 169 Å². The van der Waals surface area contributed by atoms with Crippen LogP contribution in [0.4, 0.5) is 0 Å². The first kappa shape index (κ1) is 19.9. The van der Waals surface area contributed by atoms with Crippen LogP contribution < -0.4 is 10.6 Å². The van der Waals surface area contributed by atoms with Gasteiger partial charge in [-0.05, 0) is 36.9 Å². The van der Waals surface area contributed by atoms with Crippen molar-refractivity contribution in [3.05, 3.63) is 58.5 Å². The fourth-order valence-corrected chi connectivity index (χ4v) is 3.40. The SMILES string of the molecule is CC(NC(=NCC(=O)N(C)C)NCCc1cccs1)c1cc2ccccc2o1. The molecule has 0 bridgehead atoms. The standard InChI is InChI=1S/C21H26N4O2S/c1-15(19-13-16-7-4-5-9-18(16)27-19)24-21(23-14-20(26)25(2)3)22-11-10-17-8-6-12-28-17/h4-9,12-13,15H,10-11,14H2,1-3H3,(H2,22,23,24). The Kier molecular flexibility index (Phi) is 6.71. The van der Waals surface area contributed by atoms with Crippen molar-refractivity contribution < 1.29 is 9.21 Å². The first-order valence-corrected chi connectivity index (χ1v) is 10.2. The van der Waals surface area contributed by atoms with E-state index in [2.05, 4.69) is 27.1 Å². The van der Waals surface area contributed by atoms with Crippen molar-refractivity contribution in [3.8, 4) is 0 Å². The van der Waals surface area contributed by atoms with Gasteiger partial charge in [0.1, 0.15) is 17.9 Å². The van der Waals surface area contributed by atoms with E-state index in [1.54, 1.807) is 25.4 Å². The van der Waals surface area contributed by atoms with Gasteiger partial charge in [0.05, 0.1) is 6.04 Å². The first-order valence-electron chi connectivity index (χ1n) is 9.29. The molecule has 1 unspecified atom stereocenters. The molecule has 0 radical (unpaired) electrons. The molecule has 28 heavy (non-hydrogen) atoms. The second-order valence-electron chi connectivity index (χ2n) is 6.76. The van der Waals surface area contributed by atoms with Crippen molar-refractivity contribution in [2.24, 2.45) is 4.99 Å². The fraction of sp³-hybridized carbons (Fsp3) is 0.333. The molecule has 1 atom stereocenters. The van der Waals surface area contributed by atoms with E-state index in [4.69, 9.17) is 4.42 Å². The Morgan fingerprint density at radius 3 is 2.79 bits per heavy atom. The molecule has 7 heteroatoms. The Balaban J connectivity index is 1.67. The van der Waals surface area contributed by atoms with Crippen molar-refractivity contribution in [1.29, 1.82) is 0 Å². The molecular formula is C21H26N4O2S. The zero-order chi connectivity index (χ0) is 19.9. The van der Waals surface area contributed by atoms with Gasteiger partial charge in [-0.2, -0.15) is 0 Å². The summed E-state index contributed by atoms with van der Waals surface area (Å²) in [5.41, 5.74) is 0.859. The lowest BCUT2D eigenvalue weighted by molar-refractivity contribution is -0.127. The number of benzene rings is 1. The van der Waals surface area contributed by atoms with Gasteiger partial charge in [-0.3, -0.25) is 4.79 Å². The van der Waals surface area contributed by atoms with E-state index in [1.807, 2.05) is 43.3 Å². The number of rotatable bonds is 7. The van der Waals surface area contributed by atoms with Crippen LogP contribution in [-0.4, -0.2) is 44.0 Å². The highest BCUT2D eigenvalue weighted by Gasteiger charge is 2.14. The molecule has 0 aliphatic rings. The maximum atomic E-state index is 11.9. The summed E-state index contributed by atoms with van der Waals surface area (Å²) in [4.78, 5) is 19.2. The number of aliphatic imine (C=N–C) groups is 1. The van der Waals surface area contributed by atoms with E-state index in [-0.39, 0.29) is 18.5 Å². The number of guanidine groups is 1. The summed E-state index contributed by atoms with van der Waals surface area (Å²) < 4.78 is 5.94. The van der Waals surface area contributed by atoms with Crippen LogP contribution in [0, 0.1) is 0 Å². The number of para-hydroxylation sites is 1. The van der Waals surface area contributed by atoms with Crippen LogP contribution in [0.5, 0.6) is 0 Å². The quantitative estimate of drug-likeness (QED) is 0.473. The van der Waals surface area contributed by atoms with E-state index in [1.165, 1.54) is 9.78 Å². The number of fused-ring (bicyclic) bond motifs is 1. The number of nitrogens with one attached hydrogen (secondary N) is 2. The molecule has 3 rings (SSSR count). The Bertz CT molecular complexity index is 898. The molecule has 2 aromatic heterocycles. The summed E-state index contributed by atoms with van der Waals surface area (Å²) in [6, 6.07) is 14.0. The monoisotopic (exact) mass is 398 g/mol. The molecule has 148 valence electrons. The first-order chi connectivity index (χ1) is 13.5. The number of carbonyl (C=O) groups excluding carboxylic acids is 1. The number of amides is 1. The molecule has 2 heterocycles. The topological polar surface area (TPSA) is 69.9 Å². The minimum atomic E-state index is -0.0881. The number of hydrogen-bond donors (Lipinski definition) is 2. The van der Waals surface area contributed by atoms with Gasteiger partial charge in [0, 0.05) is 30.9 Å². The van der Waals surface area contributed by atoms with Crippen molar-refractivity contribution >= 4 is 34.2 Å². The van der Waals surface area contributed by atoms with Crippen LogP contribution in [0.3, 0.4) is 0 Å². The number of hydrogen-bond acceptors (Lipinski definition) is 4. The Hall–Kier alpha value is -2.80. The molecule has 0 saturated carbocycles. The van der Waals surface area contributed by atoms with Gasteiger partial charge >= 0.3 is 0 Å². The van der Waals surface area contributed by atoms with E-state index >= 15 is 0 Å². The van der Waals surface area contributed by atoms with Gasteiger partial charge in [-0.25, -0.2) is 4.99 Å². The summed E-state index contributed by atoms with van der Waals surface area (Å²) in [6.45, 7) is 2.84. The molecule has 0 aliphatic heterocycles. The van der Waals surface area contributed by atoms with Gasteiger partial charge < -0.3 is 20.0 Å². The summed E-state index contributed by atoms with van der Waals surface area (Å²) in [7, 11) is 3.46. The average molecular weight is 399 g/mol. The lowest BCUT2D eigenvalue weighted by Gasteiger charge is -2.17. The molecule has 1 aromatic carbocycles. The van der Waals surface area contributed by atoms with E-state index < -0.39 is 0 Å². The zero-order valence-electron chi connectivity index (χ0n) is 16.4. The number of likely N-dealkylation sites (N-methyl/N-ethyl adjacent to an activating group) is 1. The molecular weight excluding hydrogens is 372 g/mol. The molecule has 3 aromatic rings. The minimum absolute atomic E-state index is 0.0456. The predicted octanol–water partition coefficient (Wildman–Crippen LogP) is 3.42. The molecule has 0 aliphatic carbocycles. The maximum absolute atomic E-state index is 11.9. The Morgan fingerprint density at radius 2 is 2.07 bits per heavy atom. The lowest BCUT2D eigenvalue weighted by atomic mass is 10.2. The van der Waals surface area contributed by atoms with Crippen molar-refractivity contribution in [2.75, 3.05) is 27.2 Å². The van der Waals surface area contributed by atoms with E-state index in [9.17, 15) is 4.79 Å². The highest BCUT2D eigenvalue weighted by molar-refractivity contribution is 7.09. The third kappa shape index (κ3) is 5.36. The zero-order valence-corrected chi connectivity index (χ0v) is 17.3. The van der Waals surface area contributed by atoms with Crippen molar-refractivity contribution in [2.45, 2.75) is 19.4 Å². The average Bonchev–Trinajstić information content (AvgIpc) is 3.34. The summed E-state index contributed by atoms with van der Waals surface area (Å²) in [5.74, 6) is 1.38. The molecule has 1 amide bonds. The molecule has 6 nitrogen and oxygen atoms in total. The van der Waals surface area contributed by atoms with Gasteiger partial charge in [0.2, 0.25) is 5.91 Å². The number of furan rings is 1. The molecule has 0 spiro atoms. The number of nitrogens with zero attached hydrogens (tertiary/aromatic N) is 2. The number of thiophene rings is 1. The summed E-state index contributed by atoms with van der Waals surface area (Å²) in [6.07, 6.45) is 0.902. The van der Waals surface area contributed by atoms with Crippen molar-refractivity contribution in [1.82, 2.24) is 15.5 Å². The minimum Gasteiger partial charge on any atom is -0.459 e. The molecule has 2 N–H and O–H groups in total. The van der Waals surface area contributed by atoms with Crippen molar-refractivity contribution in [3.63, 3.8) is 0 Å². The van der Waals surface area contributed by atoms with Crippen LogP contribution in [0.15, 0.2) is 57.3 Å². The number of carbonyl (C=O) groups is 1. The highest BCUT2D eigenvalue weighted by atomic mass is 32.1. The second kappa shape index (κ2) is 9.41. The van der Waals surface area contributed by atoms with Crippen LogP contribution in [-0.2, 0) is 11.2 Å². The van der Waals surface area contributed by atoms with Crippen LogP contribution in [0.25, 0.3) is 11.0 Å². The highest BCUT2D eigenvalue weighted by Crippen LogP contribution is 2.23. The largest absolute Gasteiger partial charge is 0.459 e. The van der Waals surface area contributed by atoms with Crippen LogP contribution in [0.2, 0.25) is 0 Å². The van der Waals surface area contributed by atoms with Gasteiger partial charge in [0.15, 0.2) is 5.96 Å². The predicted molar refractivity (Wildman–Crippen MR) is 115 cm³/mol. The van der Waals surface area contributed by atoms with Gasteiger partial charge in [-0.15, -0.1) is 11.3 Å². The lowest BCUT2D eigenvalue weighted by Crippen LogP contribution is -2.40. The summed E-state index contributed by atoms with van der Waals surface area (Å²) >= 11 is 1.73. The normalized spacial score (nSPS) is 12.8. The summed E-state index contributed by atoms with van der Waals surface area (Å²) in [5, 5.41) is 9.81. The van der Waals surface area contributed by atoms with Gasteiger partial charge in [0.25, 0.3) is 0 Å².